The second-order valence-electron chi connectivity index (χ2n) is 1.09. The standard InChI is InChI=1S/C2HF3O2.C2H5O.Na/c3-2(4,5)1(6)7;1-2-3;/h(H,6,7);2H2,1H3;/q;-1;+1. The summed E-state index contributed by atoms with van der Waals surface area (Å²) in [7, 11) is 0. The van der Waals surface area contributed by atoms with Gasteiger partial charge < -0.3 is 10.2 Å². The number of carbonyl (C=O) groups is 1. The molecule has 7 heteroatoms. The van der Waals surface area contributed by atoms with E-state index in [-0.39, 0.29) is 36.2 Å². The minimum absolute atomic E-state index is 0. The SMILES string of the molecule is CC[O-].O=C(O)C(F)(F)F.[Na+]. The molecule has 0 amide bonds. The van der Waals surface area contributed by atoms with Gasteiger partial charge in [0, 0.05) is 0 Å². The average molecular weight is 182 g/mol. The van der Waals surface area contributed by atoms with Crippen LogP contribution in [0.1, 0.15) is 6.92 Å². The average Bonchev–Trinajstić information content (AvgIpc) is 1.64. The van der Waals surface area contributed by atoms with E-state index in [1.807, 2.05) is 0 Å². The summed E-state index contributed by atoms with van der Waals surface area (Å²) in [6, 6.07) is 0. The van der Waals surface area contributed by atoms with Crippen LogP contribution in [-0.4, -0.2) is 23.9 Å². The molecule has 0 saturated heterocycles. The maximum Gasteiger partial charge on any atom is 1.00 e. The first-order valence-corrected chi connectivity index (χ1v) is 2.24. The van der Waals surface area contributed by atoms with E-state index < -0.39 is 12.1 Å². The first-order valence-electron chi connectivity index (χ1n) is 2.24. The second kappa shape index (κ2) is 8.32. The molecular formula is C4H6F3NaO3. The number of alkyl halides is 3. The summed E-state index contributed by atoms with van der Waals surface area (Å²) in [5, 5.41) is 16.1. The first kappa shape index (κ1) is 17.3. The van der Waals surface area contributed by atoms with Crippen molar-refractivity contribution in [3.05, 3.63) is 0 Å². The molecule has 0 aliphatic carbocycles. The maximum absolute atomic E-state index is 10.6. The van der Waals surface area contributed by atoms with Crippen LogP contribution in [-0.2, 0) is 4.79 Å². The van der Waals surface area contributed by atoms with Crippen LogP contribution in [0.5, 0.6) is 0 Å². The number of hydrogen-bond donors (Lipinski definition) is 1. The van der Waals surface area contributed by atoms with Crippen LogP contribution < -0.4 is 34.7 Å². The predicted octanol–water partition coefficient (Wildman–Crippen LogP) is -3.00. The topological polar surface area (TPSA) is 60.4 Å². The molecule has 0 aromatic carbocycles. The Kier molecular flexibility index (Phi) is 13.1. The van der Waals surface area contributed by atoms with Gasteiger partial charge in [-0.15, -0.1) is 6.61 Å². The van der Waals surface area contributed by atoms with Crippen molar-refractivity contribution >= 4 is 5.97 Å². The molecule has 3 nitrogen and oxygen atoms in total. The van der Waals surface area contributed by atoms with Crippen LogP contribution in [0.2, 0.25) is 0 Å². The van der Waals surface area contributed by atoms with Crippen molar-refractivity contribution in [3.63, 3.8) is 0 Å². The summed E-state index contributed by atoms with van der Waals surface area (Å²) in [5.41, 5.74) is 0. The van der Waals surface area contributed by atoms with Gasteiger partial charge in [0.1, 0.15) is 0 Å². The van der Waals surface area contributed by atoms with Gasteiger partial charge in [-0.3, -0.25) is 0 Å². The number of carboxylic acid groups (broad SMARTS) is 1. The Morgan fingerprint density at radius 3 is 1.64 bits per heavy atom. The van der Waals surface area contributed by atoms with Gasteiger partial charge in [-0.05, 0) is 0 Å². The Balaban J connectivity index is -0.000000140. The molecule has 0 bridgehead atoms. The molecule has 0 fully saturated rings. The molecule has 0 atom stereocenters. The van der Waals surface area contributed by atoms with E-state index in [4.69, 9.17) is 15.0 Å². The molecule has 1 N–H and O–H groups in total. The molecule has 0 radical (unpaired) electrons. The minimum atomic E-state index is -5.08. The van der Waals surface area contributed by atoms with Crippen molar-refractivity contribution in [2.45, 2.75) is 13.1 Å². The van der Waals surface area contributed by atoms with Crippen LogP contribution in [0.3, 0.4) is 0 Å². The molecule has 0 unspecified atom stereocenters. The van der Waals surface area contributed by atoms with Crippen molar-refractivity contribution in [3.8, 4) is 0 Å². The van der Waals surface area contributed by atoms with Gasteiger partial charge in [-0.2, -0.15) is 13.2 Å². The monoisotopic (exact) mass is 182 g/mol. The second-order valence-corrected chi connectivity index (χ2v) is 1.09. The third kappa shape index (κ3) is 17.8. The molecule has 62 valence electrons. The van der Waals surface area contributed by atoms with E-state index in [0.29, 0.717) is 0 Å². The Morgan fingerprint density at radius 2 is 1.64 bits per heavy atom. The summed E-state index contributed by atoms with van der Waals surface area (Å²) in [6.45, 7) is 1.57. The number of hydrogen-bond acceptors (Lipinski definition) is 2. The van der Waals surface area contributed by atoms with Crippen molar-refractivity contribution in [1.82, 2.24) is 0 Å². The summed E-state index contributed by atoms with van der Waals surface area (Å²) >= 11 is 0. The minimum Gasteiger partial charge on any atom is -0.855 e. The zero-order chi connectivity index (χ0) is 8.78. The van der Waals surface area contributed by atoms with Gasteiger partial charge in [0.2, 0.25) is 0 Å². The Hall–Kier alpha value is 0.220. The molecule has 11 heavy (non-hydrogen) atoms. The molecule has 0 saturated carbocycles. The Bertz CT molecular complexity index is 103. The van der Waals surface area contributed by atoms with Crippen LogP contribution >= 0.6 is 0 Å². The van der Waals surface area contributed by atoms with Crippen LogP contribution in [0.15, 0.2) is 0 Å². The number of carboxylic acids is 1. The molecular weight excluding hydrogens is 176 g/mol. The fourth-order valence-corrected chi connectivity index (χ4v) is 0. The normalized spacial score (nSPS) is 8.82. The zero-order valence-electron chi connectivity index (χ0n) is 6.10. The van der Waals surface area contributed by atoms with Crippen LogP contribution in [0.4, 0.5) is 13.2 Å². The third-order valence-electron chi connectivity index (χ3n) is 0.243. The van der Waals surface area contributed by atoms with Crippen molar-refractivity contribution in [1.29, 1.82) is 0 Å². The smallest absolute Gasteiger partial charge is 0.855 e. The fourth-order valence-electron chi connectivity index (χ4n) is 0. The van der Waals surface area contributed by atoms with Gasteiger partial charge in [0.05, 0.1) is 0 Å². The Labute approximate surface area is 83.5 Å². The van der Waals surface area contributed by atoms with Crippen LogP contribution in [0, 0.1) is 0 Å². The van der Waals surface area contributed by atoms with Gasteiger partial charge in [-0.25, -0.2) is 4.79 Å². The molecule has 0 aliphatic heterocycles. The van der Waals surface area contributed by atoms with Gasteiger partial charge in [-0.1, -0.05) is 6.92 Å². The van der Waals surface area contributed by atoms with Crippen molar-refractivity contribution in [2.24, 2.45) is 0 Å². The van der Waals surface area contributed by atoms with E-state index in [9.17, 15) is 13.2 Å². The summed E-state index contributed by atoms with van der Waals surface area (Å²) in [4.78, 5) is 8.90. The predicted molar refractivity (Wildman–Crippen MR) is 24.2 cm³/mol. The summed E-state index contributed by atoms with van der Waals surface area (Å²) < 4.78 is 31.7. The summed E-state index contributed by atoms with van der Waals surface area (Å²) in [5.74, 6) is -2.76. The zero-order valence-corrected chi connectivity index (χ0v) is 8.10. The van der Waals surface area contributed by atoms with E-state index in [1.54, 1.807) is 6.92 Å². The maximum atomic E-state index is 10.6. The first-order chi connectivity index (χ1) is 4.36. The fraction of sp³-hybridized carbons (Fsp3) is 0.750. The van der Waals surface area contributed by atoms with E-state index in [2.05, 4.69) is 0 Å². The number of aliphatic carboxylic acids is 1. The van der Waals surface area contributed by atoms with Crippen molar-refractivity contribution in [2.75, 3.05) is 6.61 Å². The van der Waals surface area contributed by atoms with E-state index in [1.165, 1.54) is 0 Å². The largest absolute Gasteiger partial charge is 1.00 e. The van der Waals surface area contributed by atoms with Gasteiger partial charge in [0.15, 0.2) is 0 Å². The molecule has 0 aromatic rings. The third-order valence-corrected chi connectivity index (χ3v) is 0.243. The van der Waals surface area contributed by atoms with E-state index >= 15 is 0 Å². The molecule has 0 aliphatic rings. The number of halogens is 3. The Morgan fingerprint density at radius 1 is 1.55 bits per heavy atom. The van der Waals surface area contributed by atoms with Crippen molar-refractivity contribution < 1.29 is 57.7 Å². The quantitative estimate of drug-likeness (QED) is 0.406. The molecule has 0 aromatic heterocycles. The molecule has 0 spiro atoms. The molecule has 0 heterocycles. The molecule has 0 rings (SSSR count). The van der Waals surface area contributed by atoms with E-state index in [0.717, 1.165) is 0 Å². The van der Waals surface area contributed by atoms with Gasteiger partial charge >= 0.3 is 41.7 Å². The van der Waals surface area contributed by atoms with Crippen LogP contribution in [0.25, 0.3) is 0 Å². The van der Waals surface area contributed by atoms with Gasteiger partial charge in [0.25, 0.3) is 0 Å². The number of rotatable bonds is 0. The summed E-state index contributed by atoms with van der Waals surface area (Å²) in [6.07, 6.45) is -5.08.